The van der Waals surface area contributed by atoms with Crippen molar-refractivity contribution in [3.63, 3.8) is 0 Å². The van der Waals surface area contributed by atoms with Crippen molar-refractivity contribution in [1.29, 1.82) is 0 Å². The third-order valence-corrected chi connectivity index (χ3v) is 11.7. The average Bonchev–Trinajstić information content (AvgIpc) is 3.54. The predicted octanol–water partition coefficient (Wildman–Crippen LogP) is 12.6. The van der Waals surface area contributed by atoms with E-state index in [-0.39, 0.29) is 11.8 Å². The Labute approximate surface area is 314 Å². The van der Waals surface area contributed by atoms with Crippen LogP contribution in [0.3, 0.4) is 0 Å². The molecule has 2 heterocycles. The van der Waals surface area contributed by atoms with Gasteiger partial charge in [0.15, 0.2) is 5.82 Å². The van der Waals surface area contributed by atoms with Crippen molar-refractivity contribution in [2.45, 2.75) is 11.3 Å². The molecule has 0 radical (unpaired) electrons. The Bertz CT molecular complexity index is 2830. The highest BCUT2D eigenvalue weighted by atomic mass is 16.5. The maximum absolute atomic E-state index is 7.09. The van der Waals surface area contributed by atoms with E-state index in [0.717, 1.165) is 56.1 Å². The van der Waals surface area contributed by atoms with E-state index in [2.05, 4.69) is 188 Å². The van der Waals surface area contributed by atoms with Crippen LogP contribution < -0.4 is 4.74 Å². The van der Waals surface area contributed by atoms with Crippen LogP contribution in [0, 0.1) is 5.92 Å². The molecule has 8 aromatic rings. The second-order valence-electron chi connectivity index (χ2n) is 14.4. The quantitative estimate of drug-likeness (QED) is 0.184. The van der Waals surface area contributed by atoms with E-state index in [9.17, 15) is 0 Å². The lowest BCUT2D eigenvalue weighted by Gasteiger charge is -2.43. The highest BCUT2D eigenvalue weighted by molar-refractivity contribution is 5.97. The summed E-state index contributed by atoms with van der Waals surface area (Å²) in [5.74, 6) is 2.92. The second-order valence-corrected chi connectivity index (χ2v) is 14.4. The summed E-state index contributed by atoms with van der Waals surface area (Å²) in [5.41, 5.74) is 11.6. The van der Waals surface area contributed by atoms with Gasteiger partial charge in [0.2, 0.25) is 0 Å². The van der Waals surface area contributed by atoms with Crippen molar-refractivity contribution >= 4 is 10.8 Å². The first-order valence-electron chi connectivity index (χ1n) is 18.7. The van der Waals surface area contributed by atoms with Gasteiger partial charge in [-0.1, -0.05) is 182 Å². The number of rotatable bonds is 4. The van der Waals surface area contributed by atoms with Gasteiger partial charge in [0.25, 0.3) is 0 Å². The summed E-state index contributed by atoms with van der Waals surface area (Å²) >= 11 is 0. The number of nitrogens with zero attached hydrogens (tertiary/aromatic N) is 2. The molecule has 3 atom stereocenters. The van der Waals surface area contributed by atoms with Crippen molar-refractivity contribution in [2.24, 2.45) is 5.92 Å². The largest absolute Gasteiger partial charge is 0.456 e. The topological polar surface area (TPSA) is 35.0 Å². The lowest BCUT2D eigenvalue weighted by atomic mass is 9.61. The number of ether oxygens (including phenoxy) is 1. The van der Waals surface area contributed by atoms with E-state index in [1.807, 2.05) is 6.07 Å². The number of aromatic nitrogens is 2. The molecule has 1 aromatic heterocycles. The van der Waals surface area contributed by atoms with Crippen LogP contribution in [0.2, 0.25) is 0 Å². The van der Waals surface area contributed by atoms with Crippen LogP contribution in [0.5, 0.6) is 11.5 Å². The summed E-state index contributed by atoms with van der Waals surface area (Å²) in [6, 6.07) is 60.3. The minimum Gasteiger partial charge on any atom is -0.456 e. The number of hydrogen-bond donors (Lipinski definition) is 0. The zero-order valence-electron chi connectivity index (χ0n) is 29.4. The van der Waals surface area contributed by atoms with Crippen LogP contribution in [0.15, 0.2) is 194 Å². The molecule has 7 aromatic carbocycles. The van der Waals surface area contributed by atoms with Crippen LogP contribution in [-0.4, -0.2) is 9.97 Å². The third kappa shape index (κ3) is 4.48. The van der Waals surface area contributed by atoms with Crippen LogP contribution in [0.1, 0.15) is 28.2 Å². The van der Waals surface area contributed by atoms with Crippen molar-refractivity contribution in [3.8, 4) is 56.5 Å². The van der Waals surface area contributed by atoms with Crippen molar-refractivity contribution in [3.05, 3.63) is 216 Å². The first-order chi connectivity index (χ1) is 26.8. The fourth-order valence-electron chi connectivity index (χ4n) is 9.42. The smallest absolute Gasteiger partial charge is 0.161 e. The molecule has 0 saturated carbocycles. The Morgan fingerprint density at radius 2 is 1.13 bits per heavy atom. The normalized spacial score (nSPS) is 18.8. The van der Waals surface area contributed by atoms with E-state index < -0.39 is 5.41 Å². The van der Waals surface area contributed by atoms with Crippen molar-refractivity contribution in [1.82, 2.24) is 9.97 Å². The highest BCUT2D eigenvalue weighted by Crippen LogP contribution is 2.65. The standard InChI is InChI=1S/C51H34N2O/c1-2-17-34(18-3-1)46-32-47(39-25-14-19-33-16-4-5-20-35(33)39)53-50(52-46)41-24-7-6-21-36(41)40-26-15-30-45-49(40)54-48-31-13-12-29-44(48)51(45)42-27-10-8-22-37(42)38-23-9-11-28-43(38)51/h1-32,37,42H. The van der Waals surface area contributed by atoms with E-state index in [0.29, 0.717) is 5.82 Å². The van der Waals surface area contributed by atoms with Crippen molar-refractivity contribution < 1.29 is 4.74 Å². The Balaban J connectivity index is 1.16. The van der Waals surface area contributed by atoms with Gasteiger partial charge in [-0.3, -0.25) is 0 Å². The number of para-hydroxylation sites is 2. The first kappa shape index (κ1) is 30.8. The summed E-state index contributed by atoms with van der Waals surface area (Å²) < 4.78 is 7.09. The van der Waals surface area contributed by atoms with Crippen LogP contribution >= 0.6 is 0 Å². The first-order valence-corrected chi connectivity index (χ1v) is 18.7. The maximum Gasteiger partial charge on any atom is 0.161 e. The molecule has 254 valence electrons. The number of fused-ring (bicyclic) bond motifs is 10. The molecule has 0 amide bonds. The van der Waals surface area contributed by atoms with E-state index in [1.165, 1.54) is 27.6 Å². The zero-order valence-corrected chi connectivity index (χ0v) is 29.4. The second kappa shape index (κ2) is 12.1. The van der Waals surface area contributed by atoms with Gasteiger partial charge in [-0.2, -0.15) is 0 Å². The van der Waals surface area contributed by atoms with Gasteiger partial charge in [-0.05, 0) is 39.6 Å². The molecule has 3 heteroatoms. The summed E-state index contributed by atoms with van der Waals surface area (Å²) in [5, 5.41) is 2.34. The average molecular weight is 691 g/mol. The Morgan fingerprint density at radius 3 is 2.06 bits per heavy atom. The van der Waals surface area contributed by atoms with Crippen LogP contribution in [-0.2, 0) is 5.41 Å². The molecular formula is C51H34N2O. The zero-order chi connectivity index (χ0) is 35.6. The van der Waals surface area contributed by atoms with Gasteiger partial charge in [0, 0.05) is 45.2 Å². The van der Waals surface area contributed by atoms with Crippen LogP contribution in [0.4, 0.5) is 0 Å². The minimum atomic E-state index is -0.428. The molecule has 1 aliphatic heterocycles. The van der Waals surface area contributed by atoms with E-state index in [1.54, 1.807) is 0 Å². The van der Waals surface area contributed by atoms with Crippen molar-refractivity contribution in [2.75, 3.05) is 0 Å². The summed E-state index contributed by atoms with van der Waals surface area (Å²) in [6.07, 6.45) is 9.21. The van der Waals surface area contributed by atoms with Gasteiger partial charge in [-0.25, -0.2) is 9.97 Å². The maximum atomic E-state index is 7.09. The van der Waals surface area contributed by atoms with Gasteiger partial charge in [0.1, 0.15) is 11.5 Å². The molecule has 0 N–H and O–H groups in total. The summed E-state index contributed by atoms with van der Waals surface area (Å²) in [6.45, 7) is 0. The molecule has 3 unspecified atom stereocenters. The SMILES string of the molecule is C1=CC2c3ccccc3C3(c4ccccc4Oc4c(-c5ccccc5-c5nc(-c6ccccc6)cc(-c6cccc7ccccc67)n5)cccc43)C2C=C1. The summed E-state index contributed by atoms with van der Waals surface area (Å²) in [7, 11) is 0. The molecule has 2 aliphatic carbocycles. The molecule has 0 fully saturated rings. The minimum absolute atomic E-state index is 0.198. The number of allylic oxidation sites excluding steroid dienone is 4. The molecule has 0 bridgehead atoms. The van der Waals surface area contributed by atoms with Gasteiger partial charge >= 0.3 is 0 Å². The number of benzene rings is 7. The van der Waals surface area contributed by atoms with Gasteiger partial charge in [-0.15, -0.1) is 0 Å². The lowest BCUT2D eigenvalue weighted by Crippen LogP contribution is -2.37. The highest BCUT2D eigenvalue weighted by Gasteiger charge is 2.56. The third-order valence-electron chi connectivity index (χ3n) is 11.7. The molecule has 1 spiro atoms. The molecule has 0 saturated heterocycles. The monoisotopic (exact) mass is 690 g/mol. The molecule has 11 rings (SSSR count). The van der Waals surface area contributed by atoms with E-state index in [4.69, 9.17) is 14.7 Å². The fraction of sp³-hybridized carbons (Fsp3) is 0.0588. The molecule has 54 heavy (non-hydrogen) atoms. The Hall–Kier alpha value is -6.84. The van der Waals surface area contributed by atoms with E-state index >= 15 is 0 Å². The molecule has 3 aliphatic rings. The molecule has 3 nitrogen and oxygen atoms in total. The Kier molecular flexibility index (Phi) is 6.90. The van der Waals surface area contributed by atoms with Gasteiger partial charge in [0.05, 0.1) is 16.8 Å². The number of hydrogen-bond acceptors (Lipinski definition) is 3. The Morgan fingerprint density at radius 1 is 0.481 bits per heavy atom. The fourth-order valence-corrected chi connectivity index (χ4v) is 9.42. The summed E-state index contributed by atoms with van der Waals surface area (Å²) in [4.78, 5) is 10.7. The molecular weight excluding hydrogens is 657 g/mol. The van der Waals surface area contributed by atoms with Gasteiger partial charge < -0.3 is 4.74 Å². The lowest BCUT2D eigenvalue weighted by molar-refractivity contribution is 0.375. The van der Waals surface area contributed by atoms with Crippen LogP contribution in [0.25, 0.3) is 55.8 Å². The predicted molar refractivity (Wildman–Crippen MR) is 219 cm³/mol.